The van der Waals surface area contributed by atoms with Crippen LogP contribution in [-0.2, 0) is 4.79 Å². The highest BCUT2D eigenvalue weighted by Crippen LogP contribution is 2.18. The molecule has 0 aromatic heterocycles. The van der Waals surface area contributed by atoms with Gasteiger partial charge >= 0.3 is 0 Å². The SMILES string of the molecule is C=CCN(CC=C)C(=O)[C@H]1CCN[C@@H](C)C1. The van der Waals surface area contributed by atoms with Gasteiger partial charge in [0.1, 0.15) is 0 Å². The third-order valence-electron chi connectivity index (χ3n) is 2.98. The Labute approximate surface area is 98.2 Å². The number of rotatable bonds is 5. The van der Waals surface area contributed by atoms with E-state index in [-0.39, 0.29) is 11.8 Å². The molecule has 0 saturated carbocycles. The summed E-state index contributed by atoms with van der Waals surface area (Å²) in [6, 6.07) is 0.442. The molecule has 3 heteroatoms. The van der Waals surface area contributed by atoms with Gasteiger partial charge in [-0.15, -0.1) is 13.2 Å². The summed E-state index contributed by atoms with van der Waals surface area (Å²) in [7, 11) is 0. The minimum absolute atomic E-state index is 0.163. The van der Waals surface area contributed by atoms with Gasteiger partial charge in [-0.1, -0.05) is 12.2 Å². The molecule has 1 N–H and O–H groups in total. The summed E-state index contributed by atoms with van der Waals surface area (Å²) in [6.45, 7) is 11.7. The van der Waals surface area contributed by atoms with Crippen LogP contribution in [0.1, 0.15) is 19.8 Å². The Bertz CT molecular complexity index is 253. The Balaban J connectivity index is 2.57. The molecule has 0 radical (unpaired) electrons. The number of nitrogens with zero attached hydrogens (tertiary/aromatic N) is 1. The van der Waals surface area contributed by atoms with Gasteiger partial charge < -0.3 is 10.2 Å². The fourth-order valence-corrected chi connectivity index (χ4v) is 2.18. The molecule has 3 nitrogen and oxygen atoms in total. The Morgan fingerprint density at radius 2 is 2.06 bits per heavy atom. The highest BCUT2D eigenvalue weighted by Gasteiger charge is 2.27. The van der Waals surface area contributed by atoms with Crippen LogP contribution in [0.4, 0.5) is 0 Å². The van der Waals surface area contributed by atoms with E-state index >= 15 is 0 Å². The number of amides is 1. The molecule has 0 aliphatic carbocycles. The lowest BCUT2D eigenvalue weighted by atomic mass is 9.92. The van der Waals surface area contributed by atoms with Crippen molar-refractivity contribution >= 4 is 5.91 Å². The predicted octanol–water partition coefficient (Wildman–Crippen LogP) is 1.58. The molecule has 0 spiro atoms. The van der Waals surface area contributed by atoms with Crippen molar-refractivity contribution in [3.05, 3.63) is 25.3 Å². The molecule has 0 unspecified atom stereocenters. The Morgan fingerprint density at radius 1 is 1.44 bits per heavy atom. The average molecular weight is 222 g/mol. The van der Waals surface area contributed by atoms with E-state index < -0.39 is 0 Å². The van der Waals surface area contributed by atoms with E-state index in [1.165, 1.54) is 0 Å². The number of carbonyl (C=O) groups excluding carboxylic acids is 1. The molecule has 1 rings (SSSR count). The maximum absolute atomic E-state index is 12.2. The first-order chi connectivity index (χ1) is 7.69. The molecule has 1 amide bonds. The quantitative estimate of drug-likeness (QED) is 0.716. The van der Waals surface area contributed by atoms with E-state index in [1.807, 2.05) is 4.90 Å². The van der Waals surface area contributed by atoms with Crippen LogP contribution in [0, 0.1) is 5.92 Å². The molecule has 1 aliphatic rings. The average Bonchev–Trinajstić information content (AvgIpc) is 2.28. The summed E-state index contributed by atoms with van der Waals surface area (Å²) in [6.07, 6.45) is 5.41. The van der Waals surface area contributed by atoms with Gasteiger partial charge in [0.05, 0.1) is 0 Å². The smallest absolute Gasteiger partial charge is 0.226 e. The van der Waals surface area contributed by atoms with Gasteiger partial charge in [-0.25, -0.2) is 0 Å². The number of hydrogen-bond donors (Lipinski definition) is 1. The molecule has 16 heavy (non-hydrogen) atoms. The van der Waals surface area contributed by atoms with Gasteiger partial charge in [0.15, 0.2) is 0 Å². The standard InChI is InChI=1S/C13H22N2O/c1-4-8-15(9-5-2)13(16)12-6-7-14-11(3)10-12/h4-5,11-12,14H,1-2,6-10H2,3H3/t11-,12-/m0/s1. The summed E-state index contributed by atoms with van der Waals surface area (Å²) in [5.41, 5.74) is 0. The van der Waals surface area contributed by atoms with Crippen molar-refractivity contribution in [2.24, 2.45) is 5.92 Å². The van der Waals surface area contributed by atoms with Gasteiger partial charge in [0.25, 0.3) is 0 Å². The summed E-state index contributed by atoms with van der Waals surface area (Å²) >= 11 is 0. The first kappa shape index (κ1) is 13.0. The maximum atomic E-state index is 12.2. The summed E-state index contributed by atoms with van der Waals surface area (Å²) < 4.78 is 0. The topological polar surface area (TPSA) is 32.3 Å². The Hall–Kier alpha value is -1.09. The van der Waals surface area contributed by atoms with Gasteiger partial charge in [-0.2, -0.15) is 0 Å². The first-order valence-electron chi connectivity index (χ1n) is 5.93. The zero-order valence-electron chi connectivity index (χ0n) is 10.1. The zero-order valence-corrected chi connectivity index (χ0v) is 10.1. The van der Waals surface area contributed by atoms with Gasteiger partial charge in [-0.3, -0.25) is 4.79 Å². The van der Waals surface area contributed by atoms with Crippen molar-refractivity contribution in [2.45, 2.75) is 25.8 Å². The number of piperidine rings is 1. The Kier molecular flexibility index (Phi) is 5.26. The van der Waals surface area contributed by atoms with Crippen molar-refractivity contribution in [3.8, 4) is 0 Å². The maximum Gasteiger partial charge on any atom is 0.226 e. The molecule has 1 fully saturated rings. The molecular weight excluding hydrogens is 200 g/mol. The third kappa shape index (κ3) is 3.49. The summed E-state index contributed by atoms with van der Waals surface area (Å²) in [5, 5.41) is 3.36. The monoisotopic (exact) mass is 222 g/mol. The third-order valence-corrected chi connectivity index (χ3v) is 2.98. The van der Waals surface area contributed by atoms with Crippen LogP contribution < -0.4 is 5.32 Å². The number of nitrogens with one attached hydrogen (secondary N) is 1. The van der Waals surface area contributed by atoms with Crippen LogP contribution in [0.3, 0.4) is 0 Å². The second kappa shape index (κ2) is 6.48. The second-order valence-electron chi connectivity index (χ2n) is 4.40. The fraction of sp³-hybridized carbons (Fsp3) is 0.615. The van der Waals surface area contributed by atoms with Crippen LogP contribution in [0.15, 0.2) is 25.3 Å². The van der Waals surface area contributed by atoms with Crippen LogP contribution in [0.2, 0.25) is 0 Å². The Morgan fingerprint density at radius 3 is 2.56 bits per heavy atom. The van der Waals surface area contributed by atoms with E-state index in [1.54, 1.807) is 12.2 Å². The molecular formula is C13H22N2O. The molecule has 1 saturated heterocycles. The lowest BCUT2D eigenvalue weighted by Crippen LogP contribution is -2.44. The summed E-state index contributed by atoms with van der Waals surface area (Å²) in [4.78, 5) is 14.0. The fourth-order valence-electron chi connectivity index (χ4n) is 2.18. The van der Waals surface area contributed by atoms with Crippen LogP contribution in [0.25, 0.3) is 0 Å². The molecule has 90 valence electrons. The van der Waals surface area contributed by atoms with Crippen molar-refractivity contribution < 1.29 is 4.79 Å². The van der Waals surface area contributed by atoms with Crippen LogP contribution in [0.5, 0.6) is 0 Å². The van der Waals surface area contributed by atoms with Crippen molar-refractivity contribution in [1.82, 2.24) is 10.2 Å². The molecule has 0 bridgehead atoms. The van der Waals surface area contributed by atoms with Crippen molar-refractivity contribution in [2.75, 3.05) is 19.6 Å². The predicted molar refractivity (Wildman–Crippen MR) is 67.2 cm³/mol. The van der Waals surface area contributed by atoms with Crippen LogP contribution in [-0.4, -0.2) is 36.5 Å². The lowest BCUT2D eigenvalue weighted by molar-refractivity contribution is -0.135. The highest BCUT2D eigenvalue weighted by atomic mass is 16.2. The van der Waals surface area contributed by atoms with Crippen molar-refractivity contribution in [3.63, 3.8) is 0 Å². The molecule has 1 heterocycles. The molecule has 0 aromatic rings. The minimum Gasteiger partial charge on any atom is -0.335 e. The first-order valence-corrected chi connectivity index (χ1v) is 5.93. The van der Waals surface area contributed by atoms with Gasteiger partial charge in [-0.05, 0) is 26.3 Å². The lowest BCUT2D eigenvalue weighted by Gasteiger charge is -2.31. The van der Waals surface area contributed by atoms with Gasteiger partial charge in [0.2, 0.25) is 5.91 Å². The minimum atomic E-state index is 0.163. The van der Waals surface area contributed by atoms with E-state index in [2.05, 4.69) is 25.4 Å². The van der Waals surface area contributed by atoms with E-state index in [4.69, 9.17) is 0 Å². The zero-order chi connectivity index (χ0) is 12.0. The largest absolute Gasteiger partial charge is 0.335 e. The van der Waals surface area contributed by atoms with Crippen LogP contribution >= 0.6 is 0 Å². The number of carbonyl (C=O) groups is 1. The van der Waals surface area contributed by atoms with Crippen molar-refractivity contribution in [1.29, 1.82) is 0 Å². The summed E-state index contributed by atoms with van der Waals surface area (Å²) in [5.74, 6) is 0.407. The molecule has 1 aliphatic heterocycles. The van der Waals surface area contributed by atoms with E-state index in [9.17, 15) is 4.79 Å². The van der Waals surface area contributed by atoms with E-state index in [0.717, 1.165) is 19.4 Å². The second-order valence-corrected chi connectivity index (χ2v) is 4.40. The highest BCUT2D eigenvalue weighted by molar-refractivity contribution is 5.79. The normalized spacial score (nSPS) is 24.8. The number of hydrogen-bond acceptors (Lipinski definition) is 2. The molecule has 0 aromatic carbocycles. The van der Waals surface area contributed by atoms with Gasteiger partial charge in [0, 0.05) is 25.0 Å². The van der Waals surface area contributed by atoms with E-state index in [0.29, 0.717) is 19.1 Å². The molecule has 2 atom stereocenters.